The van der Waals surface area contributed by atoms with Crippen LogP contribution in [0.3, 0.4) is 0 Å². The molecule has 108 valence electrons. The average Bonchev–Trinajstić information content (AvgIpc) is 2.43. The first-order valence-corrected chi connectivity index (χ1v) is 7.97. The van der Waals surface area contributed by atoms with Crippen molar-refractivity contribution in [1.29, 1.82) is 5.26 Å². The molecule has 0 heterocycles. The molecule has 0 radical (unpaired) electrons. The molecule has 0 aliphatic heterocycles. The molecule has 2 rings (SSSR count). The van der Waals surface area contributed by atoms with Crippen LogP contribution in [0.4, 0.5) is 11.4 Å². The van der Waals surface area contributed by atoms with Crippen molar-refractivity contribution in [3.05, 3.63) is 58.6 Å². The Labute approximate surface area is 128 Å². The van der Waals surface area contributed by atoms with Crippen LogP contribution in [0.1, 0.15) is 11.1 Å². The Morgan fingerprint density at radius 3 is 2.43 bits per heavy atom. The van der Waals surface area contributed by atoms with E-state index in [0.29, 0.717) is 22.5 Å². The summed E-state index contributed by atoms with van der Waals surface area (Å²) < 4.78 is 26.6. The van der Waals surface area contributed by atoms with Gasteiger partial charge in [0, 0.05) is 0 Å². The number of benzene rings is 2. The number of sulfonamides is 1. The molecular formula is C14H12ClN3O2S. The second kappa shape index (κ2) is 6.04. The maximum absolute atomic E-state index is 12.1. The third-order valence-corrected chi connectivity index (χ3v) is 4.30. The van der Waals surface area contributed by atoms with Crippen molar-refractivity contribution in [2.24, 2.45) is 0 Å². The predicted molar refractivity (Wildman–Crippen MR) is 83.3 cm³/mol. The minimum Gasteiger partial charge on any atom is -0.398 e. The van der Waals surface area contributed by atoms with Gasteiger partial charge in [-0.2, -0.15) is 5.26 Å². The number of anilines is 2. The summed E-state index contributed by atoms with van der Waals surface area (Å²) in [6, 6.07) is 12.9. The van der Waals surface area contributed by atoms with Crippen molar-refractivity contribution < 1.29 is 8.42 Å². The van der Waals surface area contributed by atoms with Gasteiger partial charge in [0.25, 0.3) is 0 Å². The lowest BCUT2D eigenvalue weighted by atomic mass is 10.2. The number of rotatable bonds is 4. The van der Waals surface area contributed by atoms with E-state index in [1.54, 1.807) is 24.3 Å². The SMILES string of the molecule is N#Cc1ccc(CS(=O)(=O)Nc2ccc(N)c(Cl)c2)cc1. The van der Waals surface area contributed by atoms with E-state index in [9.17, 15) is 8.42 Å². The smallest absolute Gasteiger partial charge is 0.236 e. The molecular weight excluding hydrogens is 310 g/mol. The Morgan fingerprint density at radius 2 is 1.86 bits per heavy atom. The number of nitrogens with one attached hydrogen (secondary N) is 1. The van der Waals surface area contributed by atoms with E-state index >= 15 is 0 Å². The number of halogens is 1. The lowest BCUT2D eigenvalue weighted by Gasteiger charge is -2.09. The molecule has 0 fully saturated rings. The lowest BCUT2D eigenvalue weighted by molar-refractivity contribution is 0.600. The van der Waals surface area contributed by atoms with Crippen molar-refractivity contribution in [2.75, 3.05) is 10.5 Å². The maximum Gasteiger partial charge on any atom is 0.236 e. The summed E-state index contributed by atoms with van der Waals surface area (Å²) >= 11 is 5.85. The minimum atomic E-state index is -3.57. The largest absolute Gasteiger partial charge is 0.398 e. The predicted octanol–water partition coefficient (Wildman–Crippen LogP) is 2.74. The normalized spacial score (nSPS) is 10.9. The molecule has 0 saturated carbocycles. The van der Waals surface area contributed by atoms with Crippen LogP contribution in [0.15, 0.2) is 42.5 Å². The van der Waals surface area contributed by atoms with Gasteiger partial charge in [-0.1, -0.05) is 23.7 Å². The quantitative estimate of drug-likeness (QED) is 0.846. The summed E-state index contributed by atoms with van der Waals surface area (Å²) in [7, 11) is -3.57. The van der Waals surface area contributed by atoms with Gasteiger partial charge in [0.05, 0.1) is 33.8 Å². The molecule has 0 unspecified atom stereocenters. The van der Waals surface area contributed by atoms with Gasteiger partial charge < -0.3 is 5.73 Å². The first-order chi connectivity index (χ1) is 9.89. The zero-order chi connectivity index (χ0) is 15.5. The molecule has 0 amide bonds. The zero-order valence-electron chi connectivity index (χ0n) is 10.9. The monoisotopic (exact) mass is 321 g/mol. The highest BCUT2D eigenvalue weighted by atomic mass is 35.5. The van der Waals surface area contributed by atoms with E-state index in [-0.39, 0.29) is 10.8 Å². The number of hydrogen-bond acceptors (Lipinski definition) is 4. The number of hydrogen-bond donors (Lipinski definition) is 2. The van der Waals surface area contributed by atoms with Gasteiger partial charge in [0.15, 0.2) is 0 Å². The van der Waals surface area contributed by atoms with Gasteiger partial charge in [-0.15, -0.1) is 0 Å². The van der Waals surface area contributed by atoms with Gasteiger partial charge in [-0.25, -0.2) is 8.42 Å². The summed E-state index contributed by atoms with van der Waals surface area (Å²) in [6.07, 6.45) is 0. The van der Waals surface area contributed by atoms with Crippen LogP contribution in [0.25, 0.3) is 0 Å². The summed E-state index contributed by atoms with van der Waals surface area (Å²) in [5.41, 5.74) is 7.37. The van der Waals surface area contributed by atoms with E-state index in [0.717, 1.165) is 0 Å². The minimum absolute atomic E-state index is 0.194. The summed E-state index contributed by atoms with van der Waals surface area (Å²) in [4.78, 5) is 0. The lowest BCUT2D eigenvalue weighted by Crippen LogP contribution is -2.15. The molecule has 0 aliphatic carbocycles. The highest BCUT2D eigenvalue weighted by molar-refractivity contribution is 7.91. The fraction of sp³-hybridized carbons (Fsp3) is 0.0714. The van der Waals surface area contributed by atoms with Gasteiger partial charge >= 0.3 is 0 Å². The van der Waals surface area contributed by atoms with E-state index in [1.807, 2.05) is 6.07 Å². The molecule has 0 spiro atoms. The van der Waals surface area contributed by atoms with E-state index in [4.69, 9.17) is 22.6 Å². The first kappa shape index (κ1) is 15.2. The second-order valence-corrected chi connectivity index (χ2v) is 6.54. The highest BCUT2D eigenvalue weighted by Gasteiger charge is 2.12. The molecule has 7 heteroatoms. The van der Waals surface area contributed by atoms with Crippen molar-refractivity contribution in [3.63, 3.8) is 0 Å². The molecule has 5 nitrogen and oxygen atoms in total. The van der Waals surface area contributed by atoms with Crippen molar-refractivity contribution >= 4 is 33.0 Å². The van der Waals surface area contributed by atoms with E-state index in [2.05, 4.69) is 4.72 Å². The van der Waals surface area contributed by atoms with Crippen LogP contribution in [-0.2, 0) is 15.8 Å². The fourth-order valence-corrected chi connectivity index (χ4v) is 3.07. The van der Waals surface area contributed by atoms with Crippen LogP contribution in [-0.4, -0.2) is 8.42 Å². The Balaban J connectivity index is 2.14. The fourth-order valence-electron chi connectivity index (χ4n) is 1.70. The molecule has 0 saturated heterocycles. The average molecular weight is 322 g/mol. The number of nitrogen functional groups attached to an aromatic ring is 1. The molecule has 3 N–H and O–H groups in total. The van der Waals surface area contributed by atoms with Gasteiger partial charge in [-0.05, 0) is 35.9 Å². The maximum atomic E-state index is 12.1. The molecule has 21 heavy (non-hydrogen) atoms. The van der Waals surface area contributed by atoms with E-state index < -0.39 is 10.0 Å². The molecule has 0 aliphatic rings. The number of nitrogens with zero attached hydrogens (tertiary/aromatic N) is 1. The summed E-state index contributed by atoms with van der Waals surface area (Å²) in [5, 5.41) is 8.99. The van der Waals surface area contributed by atoms with Crippen LogP contribution >= 0.6 is 11.6 Å². The molecule has 2 aromatic rings. The Bertz CT molecular complexity index is 796. The Kier molecular flexibility index (Phi) is 4.36. The second-order valence-electron chi connectivity index (χ2n) is 4.41. The van der Waals surface area contributed by atoms with Crippen LogP contribution < -0.4 is 10.5 Å². The van der Waals surface area contributed by atoms with Crippen molar-refractivity contribution in [2.45, 2.75) is 5.75 Å². The van der Waals surface area contributed by atoms with Crippen LogP contribution in [0, 0.1) is 11.3 Å². The Hall–Kier alpha value is -2.23. The van der Waals surface area contributed by atoms with Gasteiger partial charge in [0.2, 0.25) is 10.0 Å². The zero-order valence-corrected chi connectivity index (χ0v) is 12.4. The third kappa shape index (κ3) is 4.12. The van der Waals surface area contributed by atoms with Crippen LogP contribution in [0.2, 0.25) is 5.02 Å². The van der Waals surface area contributed by atoms with Crippen molar-refractivity contribution in [1.82, 2.24) is 0 Å². The molecule has 0 bridgehead atoms. The molecule has 0 aromatic heterocycles. The van der Waals surface area contributed by atoms with Gasteiger partial charge in [0.1, 0.15) is 0 Å². The standard InChI is InChI=1S/C14H12ClN3O2S/c15-13-7-12(5-6-14(13)17)18-21(19,20)9-11-3-1-10(8-16)2-4-11/h1-7,18H,9,17H2. The molecule has 0 atom stereocenters. The van der Waals surface area contributed by atoms with E-state index in [1.165, 1.54) is 18.2 Å². The highest BCUT2D eigenvalue weighted by Crippen LogP contribution is 2.23. The summed E-state index contributed by atoms with van der Waals surface area (Å²) in [6.45, 7) is 0. The molecule has 2 aromatic carbocycles. The number of nitrogens with two attached hydrogens (primary N) is 1. The van der Waals surface area contributed by atoms with Gasteiger partial charge in [-0.3, -0.25) is 4.72 Å². The summed E-state index contributed by atoms with van der Waals surface area (Å²) in [5.74, 6) is -0.194. The van der Waals surface area contributed by atoms with Crippen molar-refractivity contribution in [3.8, 4) is 6.07 Å². The number of nitriles is 1. The Morgan fingerprint density at radius 1 is 1.19 bits per heavy atom. The third-order valence-electron chi connectivity index (χ3n) is 2.71. The first-order valence-electron chi connectivity index (χ1n) is 5.94. The topological polar surface area (TPSA) is 96.0 Å². The van der Waals surface area contributed by atoms with Crippen LogP contribution in [0.5, 0.6) is 0 Å².